The molecule has 1 amide bonds. The second-order valence-electron chi connectivity index (χ2n) is 13.2. The molecular formula is C35H63F2N3O2. The summed E-state index contributed by atoms with van der Waals surface area (Å²) < 4.78 is 34.1. The van der Waals surface area contributed by atoms with Crippen molar-refractivity contribution in [3.63, 3.8) is 0 Å². The van der Waals surface area contributed by atoms with E-state index in [9.17, 15) is 13.6 Å². The van der Waals surface area contributed by atoms with Gasteiger partial charge in [0.05, 0.1) is 5.92 Å². The average molecular weight is 596 g/mol. The highest BCUT2D eigenvalue weighted by Crippen LogP contribution is 2.34. The summed E-state index contributed by atoms with van der Waals surface area (Å²) in [6.45, 7) is 8.27. The number of carbonyl (C=O) groups excluding carboxylic acids is 1. The van der Waals surface area contributed by atoms with Gasteiger partial charge in [-0.1, -0.05) is 128 Å². The van der Waals surface area contributed by atoms with E-state index in [2.05, 4.69) is 26.1 Å². The summed E-state index contributed by atoms with van der Waals surface area (Å²) in [5.41, 5.74) is 4.84. The molecule has 3 atom stereocenters. The van der Waals surface area contributed by atoms with Gasteiger partial charge < -0.3 is 20.7 Å². The molecule has 3 N–H and O–H groups in total. The Balaban J connectivity index is 1.97. The molecule has 7 heteroatoms. The minimum Gasteiger partial charge on any atom is -0.443 e. The summed E-state index contributed by atoms with van der Waals surface area (Å²) in [7, 11) is 0. The van der Waals surface area contributed by atoms with Gasteiger partial charge in [0.2, 0.25) is 6.43 Å². The smallest absolute Gasteiger partial charge is 0.410 e. The fourth-order valence-corrected chi connectivity index (χ4v) is 6.59. The van der Waals surface area contributed by atoms with E-state index in [-0.39, 0.29) is 18.6 Å². The fourth-order valence-electron chi connectivity index (χ4n) is 6.59. The van der Waals surface area contributed by atoms with Crippen LogP contribution < -0.4 is 11.1 Å². The Bertz CT molecular complexity index is 770. The van der Waals surface area contributed by atoms with Gasteiger partial charge in [0, 0.05) is 31.2 Å². The predicted octanol–water partition coefficient (Wildman–Crippen LogP) is 9.31. The third kappa shape index (κ3) is 13.4. The van der Waals surface area contributed by atoms with E-state index < -0.39 is 23.5 Å². The quantitative estimate of drug-likeness (QED) is 0.122. The number of hydrogen-bond donors (Lipinski definition) is 2. The molecule has 2 aliphatic rings. The second-order valence-corrected chi connectivity index (χ2v) is 13.2. The van der Waals surface area contributed by atoms with Crippen LogP contribution in [0.2, 0.25) is 0 Å². The minimum atomic E-state index is -2.56. The second kappa shape index (κ2) is 20.5. The SMILES string of the molecule is CCCCCCCCCCC(C)(CCCCCCCCCC)OC(=O)N1CCNCC1CC1(N)C=CC=CC1C(F)F. The normalized spacial score (nSPS) is 22.7. The predicted molar refractivity (Wildman–Crippen MR) is 172 cm³/mol. The van der Waals surface area contributed by atoms with Crippen molar-refractivity contribution in [3.8, 4) is 0 Å². The summed E-state index contributed by atoms with van der Waals surface area (Å²) in [5, 5.41) is 3.33. The lowest BCUT2D eigenvalue weighted by Crippen LogP contribution is -2.60. The van der Waals surface area contributed by atoms with Crippen LogP contribution in [0, 0.1) is 5.92 Å². The molecule has 3 unspecified atom stereocenters. The number of amides is 1. The van der Waals surface area contributed by atoms with Gasteiger partial charge in [-0.2, -0.15) is 0 Å². The Morgan fingerprint density at radius 1 is 0.929 bits per heavy atom. The molecule has 1 saturated heterocycles. The van der Waals surface area contributed by atoms with Crippen LogP contribution in [-0.2, 0) is 4.74 Å². The topological polar surface area (TPSA) is 67.6 Å². The van der Waals surface area contributed by atoms with Crippen LogP contribution in [0.4, 0.5) is 13.6 Å². The minimum absolute atomic E-state index is 0.262. The Morgan fingerprint density at radius 3 is 1.98 bits per heavy atom. The summed E-state index contributed by atoms with van der Waals surface area (Å²) in [4.78, 5) is 15.5. The molecule has 1 heterocycles. The van der Waals surface area contributed by atoms with Gasteiger partial charge in [0.1, 0.15) is 5.60 Å². The number of allylic oxidation sites excluding steroid dienone is 2. The Labute approximate surface area is 256 Å². The lowest BCUT2D eigenvalue weighted by molar-refractivity contribution is -0.0241. The van der Waals surface area contributed by atoms with Crippen LogP contribution in [0.5, 0.6) is 0 Å². The molecule has 0 aromatic carbocycles. The van der Waals surface area contributed by atoms with Gasteiger partial charge in [0.15, 0.2) is 0 Å². The number of hydrogen-bond acceptors (Lipinski definition) is 4. The zero-order valence-corrected chi connectivity index (χ0v) is 27.2. The number of nitrogens with zero attached hydrogens (tertiary/aromatic N) is 1. The molecule has 42 heavy (non-hydrogen) atoms. The molecule has 0 radical (unpaired) electrons. The summed E-state index contributed by atoms with van der Waals surface area (Å²) in [5.74, 6) is -1.07. The number of piperazine rings is 1. The van der Waals surface area contributed by atoms with Crippen molar-refractivity contribution < 1.29 is 18.3 Å². The molecule has 0 aromatic heterocycles. The standard InChI is InChI=1S/C35H63F2N3O2/c1-4-6-8-10-12-14-16-19-23-34(3,24-20-17-15-13-11-9-7-5-2)42-33(41)40-27-26-39-29-30(40)28-35(38)25-21-18-22-31(35)32(36)37/h18,21-22,25,30-32,39H,4-17,19-20,23-24,26-29,38H2,1-3H3. The molecule has 0 spiro atoms. The first-order valence-corrected chi connectivity index (χ1v) is 17.4. The lowest BCUT2D eigenvalue weighted by atomic mass is 9.76. The van der Waals surface area contributed by atoms with Crippen molar-refractivity contribution in [3.05, 3.63) is 24.3 Å². The highest BCUT2D eigenvalue weighted by atomic mass is 19.3. The molecule has 0 saturated carbocycles. The average Bonchev–Trinajstić information content (AvgIpc) is 2.96. The van der Waals surface area contributed by atoms with Gasteiger partial charge >= 0.3 is 6.09 Å². The molecule has 0 aromatic rings. The van der Waals surface area contributed by atoms with Gasteiger partial charge in [0.25, 0.3) is 0 Å². The number of nitrogens with two attached hydrogens (primary N) is 1. The number of nitrogens with one attached hydrogen (secondary N) is 1. The van der Waals surface area contributed by atoms with Crippen LogP contribution in [0.25, 0.3) is 0 Å². The van der Waals surface area contributed by atoms with E-state index in [1.807, 2.05) is 0 Å². The van der Waals surface area contributed by atoms with Gasteiger partial charge in [-0.05, 0) is 39.0 Å². The monoisotopic (exact) mass is 595 g/mol. The van der Waals surface area contributed by atoms with Crippen molar-refractivity contribution in [2.24, 2.45) is 11.7 Å². The Kier molecular flexibility index (Phi) is 17.9. The maximum Gasteiger partial charge on any atom is 0.410 e. The van der Waals surface area contributed by atoms with Crippen molar-refractivity contribution in [2.75, 3.05) is 19.6 Å². The zero-order chi connectivity index (χ0) is 30.7. The highest BCUT2D eigenvalue weighted by Gasteiger charge is 2.43. The first kappa shape index (κ1) is 36.7. The fraction of sp³-hybridized carbons (Fsp3) is 0.857. The van der Waals surface area contributed by atoms with Crippen molar-refractivity contribution in [1.82, 2.24) is 10.2 Å². The molecule has 2 rings (SSSR count). The number of alkyl halides is 2. The van der Waals surface area contributed by atoms with Crippen molar-refractivity contribution >= 4 is 6.09 Å². The molecule has 244 valence electrons. The zero-order valence-electron chi connectivity index (χ0n) is 27.2. The third-order valence-electron chi connectivity index (χ3n) is 9.35. The largest absolute Gasteiger partial charge is 0.443 e. The Morgan fingerprint density at radius 2 is 1.45 bits per heavy atom. The van der Waals surface area contributed by atoms with E-state index in [1.165, 1.54) is 83.1 Å². The number of ether oxygens (including phenoxy) is 1. The Hall–Kier alpha value is -1.47. The van der Waals surface area contributed by atoms with E-state index in [0.29, 0.717) is 19.6 Å². The molecule has 1 aliphatic heterocycles. The molecule has 0 bridgehead atoms. The van der Waals surface area contributed by atoms with Crippen LogP contribution in [0.15, 0.2) is 24.3 Å². The van der Waals surface area contributed by atoms with E-state index in [1.54, 1.807) is 23.1 Å². The third-order valence-corrected chi connectivity index (χ3v) is 9.35. The lowest BCUT2D eigenvalue weighted by Gasteiger charge is -2.43. The molecule has 1 fully saturated rings. The van der Waals surface area contributed by atoms with Crippen LogP contribution in [0.3, 0.4) is 0 Å². The van der Waals surface area contributed by atoms with Gasteiger partial charge in [-0.25, -0.2) is 13.6 Å². The first-order chi connectivity index (χ1) is 20.2. The highest BCUT2D eigenvalue weighted by molar-refractivity contribution is 5.69. The van der Waals surface area contributed by atoms with E-state index in [4.69, 9.17) is 10.5 Å². The maximum atomic E-state index is 13.9. The number of halogens is 2. The van der Waals surface area contributed by atoms with Crippen LogP contribution in [-0.4, -0.2) is 54.2 Å². The van der Waals surface area contributed by atoms with Crippen LogP contribution in [0.1, 0.15) is 143 Å². The number of unbranched alkanes of at least 4 members (excludes halogenated alkanes) is 14. The molecule has 1 aliphatic carbocycles. The summed E-state index contributed by atoms with van der Waals surface area (Å²) in [6.07, 6.45) is 25.5. The van der Waals surface area contributed by atoms with E-state index >= 15 is 0 Å². The van der Waals surface area contributed by atoms with Crippen molar-refractivity contribution in [1.29, 1.82) is 0 Å². The van der Waals surface area contributed by atoms with Gasteiger partial charge in [-0.15, -0.1) is 0 Å². The van der Waals surface area contributed by atoms with Gasteiger partial charge in [-0.3, -0.25) is 0 Å². The molecular weight excluding hydrogens is 532 g/mol. The van der Waals surface area contributed by atoms with Crippen molar-refractivity contribution in [2.45, 2.75) is 166 Å². The first-order valence-electron chi connectivity index (χ1n) is 17.4. The molecule has 5 nitrogen and oxygen atoms in total. The summed E-state index contributed by atoms with van der Waals surface area (Å²) in [6, 6.07) is -0.302. The maximum absolute atomic E-state index is 13.9. The number of rotatable bonds is 22. The van der Waals surface area contributed by atoms with E-state index in [0.717, 1.165) is 38.5 Å². The van der Waals surface area contributed by atoms with Crippen LogP contribution >= 0.6 is 0 Å². The summed E-state index contributed by atoms with van der Waals surface area (Å²) >= 11 is 0. The number of carbonyl (C=O) groups is 1.